The molecule has 0 heterocycles. The summed E-state index contributed by atoms with van der Waals surface area (Å²) in [5.74, 6) is 0.0846. The Kier molecular flexibility index (Phi) is 4.20. The molecule has 0 aliphatic heterocycles. The van der Waals surface area contributed by atoms with E-state index in [-0.39, 0.29) is 5.78 Å². The van der Waals surface area contributed by atoms with Crippen LogP contribution in [0.1, 0.15) is 39.5 Å². The molecule has 0 amide bonds. The fourth-order valence-electron chi connectivity index (χ4n) is 2.14. The van der Waals surface area contributed by atoms with Crippen LogP contribution in [-0.2, 0) is 6.42 Å². The molecule has 0 spiro atoms. The van der Waals surface area contributed by atoms with E-state index in [0.717, 1.165) is 33.1 Å². The van der Waals surface area contributed by atoms with Crippen LogP contribution in [0.2, 0.25) is 0 Å². The second kappa shape index (κ2) is 5.70. The highest BCUT2D eigenvalue weighted by atomic mass is 79.9. The molecule has 1 nitrogen and oxygen atoms in total. The second-order valence-electron chi connectivity index (χ2n) is 4.80. The Hall–Kier alpha value is -1.41. The van der Waals surface area contributed by atoms with Gasteiger partial charge in [-0.25, -0.2) is 0 Å². The van der Waals surface area contributed by atoms with Crippen molar-refractivity contribution in [3.05, 3.63) is 68.7 Å². The van der Waals surface area contributed by atoms with Crippen LogP contribution in [0.4, 0.5) is 0 Å². The predicted molar refractivity (Wildman–Crippen MR) is 82.9 cm³/mol. The van der Waals surface area contributed by atoms with Gasteiger partial charge in [-0.3, -0.25) is 4.79 Å². The summed E-state index contributed by atoms with van der Waals surface area (Å²) in [6, 6.07) is 11.7. The molecule has 0 bridgehead atoms. The van der Waals surface area contributed by atoms with E-state index in [1.807, 2.05) is 50.2 Å². The van der Waals surface area contributed by atoms with Gasteiger partial charge in [0.25, 0.3) is 0 Å². The van der Waals surface area contributed by atoms with Gasteiger partial charge in [0.05, 0.1) is 0 Å². The molecule has 2 heteroatoms. The van der Waals surface area contributed by atoms with Crippen LogP contribution in [0.25, 0.3) is 0 Å². The largest absolute Gasteiger partial charge is 0.289 e. The van der Waals surface area contributed by atoms with Crippen molar-refractivity contribution in [2.75, 3.05) is 0 Å². The topological polar surface area (TPSA) is 17.1 Å². The first-order valence-corrected chi connectivity index (χ1v) is 7.22. The van der Waals surface area contributed by atoms with Crippen LogP contribution < -0.4 is 0 Å². The van der Waals surface area contributed by atoms with E-state index in [9.17, 15) is 4.79 Å². The molecule has 2 aromatic carbocycles. The normalized spacial score (nSPS) is 10.5. The summed E-state index contributed by atoms with van der Waals surface area (Å²) in [5, 5.41) is 0. The van der Waals surface area contributed by atoms with E-state index in [0.29, 0.717) is 0 Å². The van der Waals surface area contributed by atoms with Crippen molar-refractivity contribution >= 4 is 21.7 Å². The van der Waals surface area contributed by atoms with E-state index in [1.54, 1.807) is 0 Å². The minimum absolute atomic E-state index is 0.0846. The van der Waals surface area contributed by atoms with Crippen LogP contribution in [-0.4, -0.2) is 5.78 Å². The lowest BCUT2D eigenvalue weighted by Crippen LogP contribution is -2.03. The quantitative estimate of drug-likeness (QED) is 0.739. The molecule has 0 radical (unpaired) electrons. The van der Waals surface area contributed by atoms with Crippen molar-refractivity contribution in [2.45, 2.75) is 27.2 Å². The monoisotopic (exact) mass is 316 g/mol. The van der Waals surface area contributed by atoms with E-state index in [4.69, 9.17) is 0 Å². The molecule has 2 aromatic rings. The molecule has 0 unspecified atom stereocenters. The van der Waals surface area contributed by atoms with E-state index in [2.05, 4.69) is 22.9 Å². The molecule has 0 saturated carbocycles. The molecule has 0 aliphatic carbocycles. The van der Waals surface area contributed by atoms with E-state index < -0.39 is 0 Å². The third-order valence-electron chi connectivity index (χ3n) is 3.32. The predicted octanol–water partition coefficient (Wildman–Crippen LogP) is 4.86. The molecular weight excluding hydrogens is 300 g/mol. The molecule has 0 N–H and O–H groups in total. The molecular formula is C17H17BrO. The van der Waals surface area contributed by atoms with Gasteiger partial charge in [0.1, 0.15) is 0 Å². The summed E-state index contributed by atoms with van der Waals surface area (Å²) in [6.07, 6.45) is 0.991. The Morgan fingerprint density at radius 1 is 1.00 bits per heavy atom. The van der Waals surface area contributed by atoms with Gasteiger partial charge in [0.2, 0.25) is 0 Å². The number of aryl methyl sites for hydroxylation is 3. The van der Waals surface area contributed by atoms with Crippen LogP contribution in [0.15, 0.2) is 40.9 Å². The SMILES string of the molecule is CCc1ccc(C(=O)c2cc(C)c(Br)c(C)c2)cc1. The number of ketones is 1. The van der Waals surface area contributed by atoms with Crippen LogP contribution >= 0.6 is 15.9 Å². The number of carbonyl (C=O) groups is 1. The van der Waals surface area contributed by atoms with Gasteiger partial charge in [-0.05, 0) is 49.1 Å². The highest BCUT2D eigenvalue weighted by molar-refractivity contribution is 9.10. The molecule has 2 rings (SSSR count). The molecule has 98 valence electrons. The Bertz CT molecular complexity index is 589. The minimum Gasteiger partial charge on any atom is -0.289 e. The lowest BCUT2D eigenvalue weighted by Gasteiger charge is -2.08. The van der Waals surface area contributed by atoms with Crippen LogP contribution in [0, 0.1) is 13.8 Å². The highest BCUT2D eigenvalue weighted by Crippen LogP contribution is 2.24. The smallest absolute Gasteiger partial charge is 0.193 e. The Morgan fingerprint density at radius 2 is 1.53 bits per heavy atom. The number of hydrogen-bond donors (Lipinski definition) is 0. The summed E-state index contributed by atoms with van der Waals surface area (Å²) in [5.41, 5.74) is 4.93. The van der Waals surface area contributed by atoms with Gasteiger partial charge in [0, 0.05) is 15.6 Å². The van der Waals surface area contributed by atoms with Crippen LogP contribution in [0.5, 0.6) is 0 Å². The summed E-state index contributed by atoms with van der Waals surface area (Å²) >= 11 is 3.53. The van der Waals surface area contributed by atoms with Crippen molar-refractivity contribution in [1.82, 2.24) is 0 Å². The Balaban J connectivity index is 2.38. The number of hydrogen-bond acceptors (Lipinski definition) is 1. The fraction of sp³-hybridized carbons (Fsp3) is 0.235. The summed E-state index contributed by atoms with van der Waals surface area (Å²) in [7, 11) is 0. The second-order valence-corrected chi connectivity index (χ2v) is 5.60. The molecule has 0 aliphatic rings. The van der Waals surface area contributed by atoms with Crippen molar-refractivity contribution in [2.24, 2.45) is 0 Å². The Morgan fingerprint density at radius 3 is 2.00 bits per heavy atom. The summed E-state index contributed by atoms with van der Waals surface area (Å²) in [4.78, 5) is 12.4. The van der Waals surface area contributed by atoms with Gasteiger partial charge in [0.15, 0.2) is 5.78 Å². The molecule has 0 atom stereocenters. The zero-order valence-electron chi connectivity index (χ0n) is 11.5. The average molecular weight is 317 g/mol. The molecule has 19 heavy (non-hydrogen) atoms. The fourth-order valence-corrected chi connectivity index (χ4v) is 2.36. The van der Waals surface area contributed by atoms with Gasteiger partial charge in [-0.2, -0.15) is 0 Å². The van der Waals surface area contributed by atoms with Crippen molar-refractivity contribution in [3.63, 3.8) is 0 Å². The first kappa shape index (κ1) is 14.0. The standard InChI is InChI=1S/C17H17BrO/c1-4-13-5-7-14(8-6-13)17(19)15-9-11(2)16(18)12(3)10-15/h5-10H,4H2,1-3H3. The third kappa shape index (κ3) is 2.95. The lowest BCUT2D eigenvalue weighted by molar-refractivity contribution is 0.103. The zero-order valence-corrected chi connectivity index (χ0v) is 13.0. The first-order chi connectivity index (χ1) is 9.02. The number of halogens is 1. The maximum atomic E-state index is 12.4. The number of carbonyl (C=O) groups excluding carboxylic acids is 1. The van der Waals surface area contributed by atoms with Crippen molar-refractivity contribution in [1.29, 1.82) is 0 Å². The number of benzene rings is 2. The maximum Gasteiger partial charge on any atom is 0.193 e. The van der Waals surface area contributed by atoms with Crippen molar-refractivity contribution in [3.8, 4) is 0 Å². The highest BCUT2D eigenvalue weighted by Gasteiger charge is 2.11. The van der Waals surface area contributed by atoms with E-state index >= 15 is 0 Å². The lowest BCUT2D eigenvalue weighted by atomic mass is 9.98. The Labute approximate surface area is 122 Å². The average Bonchev–Trinajstić information content (AvgIpc) is 2.43. The third-order valence-corrected chi connectivity index (χ3v) is 4.57. The van der Waals surface area contributed by atoms with Gasteiger partial charge < -0.3 is 0 Å². The van der Waals surface area contributed by atoms with Gasteiger partial charge in [-0.15, -0.1) is 0 Å². The van der Waals surface area contributed by atoms with Crippen LogP contribution in [0.3, 0.4) is 0 Å². The first-order valence-electron chi connectivity index (χ1n) is 6.43. The maximum absolute atomic E-state index is 12.4. The summed E-state index contributed by atoms with van der Waals surface area (Å²) < 4.78 is 1.07. The molecule has 0 aromatic heterocycles. The molecule has 0 fully saturated rings. The number of rotatable bonds is 3. The van der Waals surface area contributed by atoms with E-state index in [1.165, 1.54) is 5.56 Å². The minimum atomic E-state index is 0.0846. The summed E-state index contributed by atoms with van der Waals surface area (Å²) in [6.45, 7) is 6.13. The molecule has 0 saturated heterocycles. The van der Waals surface area contributed by atoms with Gasteiger partial charge >= 0.3 is 0 Å². The zero-order chi connectivity index (χ0) is 14.0. The van der Waals surface area contributed by atoms with Crippen molar-refractivity contribution < 1.29 is 4.79 Å². The van der Waals surface area contributed by atoms with Gasteiger partial charge in [-0.1, -0.05) is 47.1 Å².